The van der Waals surface area contributed by atoms with Crippen LogP contribution in [0.1, 0.15) is 40.0 Å². The van der Waals surface area contributed by atoms with Gasteiger partial charge in [0, 0.05) is 11.8 Å². The first-order valence-electron chi connectivity index (χ1n) is 8.19. The van der Waals surface area contributed by atoms with E-state index in [4.69, 9.17) is 14.2 Å². The Morgan fingerprint density at radius 3 is 2.82 bits per heavy atom. The standard InChI is InChI=1S/C17H22O5/c1-4-20-13(18)10-8-9-6-5-7-17(9,10)22-15-12-11(14(19)21-15)16(12,2)3/h8-9,11-12,15H,4-7H2,1-3H3/t9-,11-,12+,15-,17+/m1/s1. The van der Waals surface area contributed by atoms with Crippen molar-refractivity contribution in [2.24, 2.45) is 23.2 Å². The summed E-state index contributed by atoms with van der Waals surface area (Å²) in [4.78, 5) is 24.1. The van der Waals surface area contributed by atoms with E-state index < -0.39 is 11.9 Å². The van der Waals surface area contributed by atoms with Crippen molar-refractivity contribution in [2.75, 3.05) is 6.61 Å². The van der Waals surface area contributed by atoms with E-state index in [1.54, 1.807) is 6.92 Å². The molecule has 2 saturated carbocycles. The first-order chi connectivity index (χ1) is 10.4. The monoisotopic (exact) mass is 306 g/mol. The van der Waals surface area contributed by atoms with Crippen molar-refractivity contribution in [3.63, 3.8) is 0 Å². The lowest BCUT2D eigenvalue weighted by Crippen LogP contribution is -2.51. The van der Waals surface area contributed by atoms with Gasteiger partial charge in [-0.05, 0) is 31.6 Å². The fourth-order valence-electron chi connectivity index (χ4n) is 4.66. The summed E-state index contributed by atoms with van der Waals surface area (Å²) in [7, 11) is 0. The fraction of sp³-hybridized carbons (Fsp3) is 0.765. The van der Waals surface area contributed by atoms with E-state index in [1.165, 1.54) is 0 Å². The Morgan fingerprint density at radius 2 is 2.23 bits per heavy atom. The average molecular weight is 306 g/mol. The molecule has 0 N–H and O–H groups in total. The largest absolute Gasteiger partial charge is 0.463 e. The third-order valence-electron chi connectivity index (χ3n) is 6.00. The van der Waals surface area contributed by atoms with Crippen LogP contribution in [-0.4, -0.2) is 30.4 Å². The minimum absolute atomic E-state index is 0.0520. The average Bonchev–Trinajstić information content (AvgIpc) is 2.69. The number of cyclic esters (lactones) is 1. The number of hydrogen-bond acceptors (Lipinski definition) is 5. The molecular formula is C17H22O5. The van der Waals surface area contributed by atoms with Crippen LogP contribution < -0.4 is 0 Å². The van der Waals surface area contributed by atoms with Gasteiger partial charge in [0.05, 0.1) is 18.1 Å². The van der Waals surface area contributed by atoms with Gasteiger partial charge < -0.3 is 14.2 Å². The van der Waals surface area contributed by atoms with Crippen molar-refractivity contribution in [3.05, 3.63) is 11.6 Å². The van der Waals surface area contributed by atoms with E-state index in [0.717, 1.165) is 19.3 Å². The third kappa shape index (κ3) is 1.63. The van der Waals surface area contributed by atoms with Gasteiger partial charge in [0.15, 0.2) is 0 Å². The predicted molar refractivity (Wildman–Crippen MR) is 76.5 cm³/mol. The van der Waals surface area contributed by atoms with Crippen molar-refractivity contribution in [1.82, 2.24) is 0 Å². The van der Waals surface area contributed by atoms with E-state index in [9.17, 15) is 9.59 Å². The first kappa shape index (κ1) is 14.2. The second-order valence-corrected chi connectivity index (χ2v) is 7.44. The SMILES string of the molecule is CCOC(=O)C1=C[C@H]2CCC[C@@]12O[C@H]1OC(=O)[C@H]2[C@@H]1C2(C)C. The number of rotatable bonds is 4. The third-order valence-corrected chi connectivity index (χ3v) is 6.00. The van der Waals surface area contributed by atoms with Gasteiger partial charge in [-0.1, -0.05) is 19.9 Å². The molecule has 4 aliphatic rings. The van der Waals surface area contributed by atoms with E-state index in [2.05, 4.69) is 13.8 Å². The molecule has 0 unspecified atom stereocenters. The van der Waals surface area contributed by atoms with E-state index >= 15 is 0 Å². The van der Waals surface area contributed by atoms with Crippen LogP contribution in [0.3, 0.4) is 0 Å². The Labute approximate surface area is 130 Å². The molecule has 0 amide bonds. The lowest BCUT2D eigenvalue weighted by Gasteiger charge is -2.44. The van der Waals surface area contributed by atoms with Crippen LogP contribution >= 0.6 is 0 Å². The van der Waals surface area contributed by atoms with E-state index in [0.29, 0.717) is 12.2 Å². The molecule has 4 rings (SSSR count). The van der Waals surface area contributed by atoms with Crippen LogP contribution in [0.2, 0.25) is 0 Å². The maximum absolute atomic E-state index is 12.2. The van der Waals surface area contributed by atoms with Gasteiger partial charge in [-0.3, -0.25) is 4.79 Å². The highest BCUT2D eigenvalue weighted by Crippen LogP contribution is 2.66. The molecule has 120 valence electrons. The van der Waals surface area contributed by atoms with Gasteiger partial charge in [0.25, 0.3) is 0 Å². The molecule has 0 spiro atoms. The summed E-state index contributed by atoms with van der Waals surface area (Å²) in [6, 6.07) is 0. The number of ether oxygens (including phenoxy) is 3. The highest BCUT2D eigenvalue weighted by Gasteiger charge is 2.73. The van der Waals surface area contributed by atoms with Gasteiger partial charge in [0.1, 0.15) is 5.60 Å². The summed E-state index contributed by atoms with van der Waals surface area (Å²) >= 11 is 0. The number of carbonyl (C=O) groups is 2. The number of fused-ring (bicyclic) bond motifs is 2. The zero-order valence-corrected chi connectivity index (χ0v) is 13.3. The van der Waals surface area contributed by atoms with Crippen molar-refractivity contribution in [3.8, 4) is 0 Å². The molecule has 0 aromatic heterocycles. The second-order valence-electron chi connectivity index (χ2n) is 7.44. The van der Waals surface area contributed by atoms with E-state index in [1.807, 2.05) is 6.08 Å². The molecule has 1 saturated heterocycles. The van der Waals surface area contributed by atoms with Crippen LogP contribution in [-0.2, 0) is 23.8 Å². The molecule has 1 aliphatic heterocycles. The summed E-state index contributed by atoms with van der Waals surface area (Å²) < 4.78 is 16.9. The number of hydrogen-bond donors (Lipinski definition) is 0. The zero-order chi connectivity index (χ0) is 15.7. The molecule has 5 nitrogen and oxygen atoms in total. The summed E-state index contributed by atoms with van der Waals surface area (Å²) in [6.45, 7) is 6.30. The normalized spacial score (nSPS) is 43.6. The first-order valence-corrected chi connectivity index (χ1v) is 8.19. The van der Waals surface area contributed by atoms with Gasteiger partial charge in [0.2, 0.25) is 6.29 Å². The quantitative estimate of drug-likeness (QED) is 0.745. The van der Waals surface area contributed by atoms with Gasteiger partial charge in [-0.2, -0.15) is 0 Å². The molecule has 1 heterocycles. The van der Waals surface area contributed by atoms with Crippen molar-refractivity contribution in [2.45, 2.75) is 51.9 Å². The van der Waals surface area contributed by atoms with Crippen LogP contribution in [0.4, 0.5) is 0 Å². The Bertz CT molecular complexity index is 578. The van der Waals surface area contributed by atoms with Gasteiger partial charge in [-0.25, -0.2) is 4.79 Å². The molecule has 0 radical (unpaired) electrons. The summed E-state index contributed by atoms with van der Waals surface area (Å²) in [5.74, 6) is -0.154. The van der Waals surface area contributed by atoms with Crippen LogP contribution in [0.5, 0.6) is 0 Å². The Morgan fingerprint density at radius 1 is 1.45 bits per heavy atom. The maximum atomic E-state index is 12.2. The molecule has 5 heteroatoms. The number of esters is 2. The van der Waals surface area contributed by atoms with Gasteiger partial charge in [-0.15, -0.1) is 0 Å². The Balaban J connectivity index is 1.55. The molecule has 22 heavy (non-hydrogen) atoms. The predicted octanol–water partition coefficient (Wildman–Crippen LogP) is 2.20. The van der Waals surface area contributed by atoms with Gasteiger partial charge >= 0.3 is 11.9 Å². The van der Waals surface area contributed by atoms with E-state index in [-0.39, 0.29) is 35.1 Å². The minimum Gasteiger partial charge on any atom is -0.463 e. The Hall–Kier alpha value is -1.36. The number of carbonyl (C=O) groups excluding carboxylic acids is 2. The topological polar surface area (TPSA) is 61.8 Å². The smallest absolute Gasteiger partial charge is 0.336 e. The molecule has 0 aromatic carbocycles. The van der Waals surface area contributed by atoms with Crippen molar-refractivity contribution >= 4 is 11.9 Å². The highest BCUT2D eigenvalue weighted by atomic mass is 16.7. The Kier molecular flexibility index (Phi) is 2.81. The summed E-state index contributed by atoms with van der Waals surface area (Å²) in [5, 5.41) is 0. The molecular weight excluding hydrogens is 284 g/mol. The lowest BCUT2D eigenvalue weighted by atomic mass is 9.72. The fourth-order valence-corrected chi connectivity index (χ4v) is 4.66. The van der Waals surface area contributed by atoms with Crippen LogP contribution in [0.15, 0.2) is 11.6 Å². The zero-order valence-electron chi connectivity index (χ0n) is 13.3. The lowest BCUT2D eigenvalue weighted by molar-refractivity contribution is -0.214. The molecule has 0 aromatic rings. The van der Waals surface area contributed by atoms with Crippen LogP contribution in [0.25, 0.3) is 0 Å². The maximum Gasteiger partial charge on any atom is 0.336 e. The minimum atomic E-state index is -0.592. The molecule has 5 atom stereocenters. The summed E-state index contributed by atoms with van der Waals surface area (Å²) in [5.41, 5.74) is -0.0256. The molecule has 3 fully saturated rings. The van der Waals surface area contributed by atoms with Crippen LogP contribution in [0, 0.1) is 23.2 Å². The highest BCUT2D eigenvalue weighted by molar-refractivity contribution is 5.93. The second kappa shape index (κ2) is 4.34. The molecule has 3 aliphatic carbocycles. The van der Waals surface area contributed by atoms with Crippen molar-refractivity contribution < 1.29 is 23.8 Å². The molecule has 0 bridgehead atoms. The summed E-state index contributed by atoms with van der Waals surface area (Å²) in [6.07, 6.45) is 4.28. The van der Waals surface area contributed by atoms with Crippen molar-refractivity contribution in [1.29, 1.82) is 0 Å².